The van der Waals surface area contributed by atoms with Crippen LogP contribution in [0.15, 0.2) is 0 Å². The molecule has 1 N–H and O–H groups in total. The van der Waals surface area contributed by atoms with Crippen molar-refractivity contribution in [3.63, 3.8) is 0 Å². The Morgan fingerprint density at radius 1 is 1.44 bits per heavy atom. The molecule has 0 saturated carbocycles. The first-order valence-electron chi connectivity index (χ1n) is 6.03. The highest BCUT2D eigenvalue weighted by molar-refractivity contribution is 7.99. The summed E-state index contributed by atoms with van der Waals surface area (Å²) in [5.74, 6) is 0.153. The molecule has 1 atom stereocenters. The summed E-state index contributed by atoms with van der Waals surface area (Å²) in [6.07, 6.45) is 4.55. The van der Waals surface area contributed by atoms with Gasteiger partial charge in [-0.3, -0.25) is 9.69 Å². The van der Waals surface area contributed by atoms with Crippen molar-refractivity contribution >= 4 is 17.7 Å². The van der Waals surface area contributed by atoms with E-state index in [1.807, 2.05) is 13.2 Å². The van der Waals surface area contributed by atoms with E-state index in [1.165, 1.54) is 25.9 Å². The van der Waals surface area contributed by atoms with Crippen molar-refractivity contribution in [1.82, 2.24) is 10.2 Å². The van der Waals surface area contributed by atoms with Crippen molar-refractivity contribution in [2.24, 2.45) is 0 Å². The fraction of sp³-hybridized carbons (Fsp3) is 0.917. The molecule has 0 unspecified atom stereocenters. The molecule has 0 radical (unpaired) electrons. The molecule has 0 aromatic heterocycles. The number of nitrogens with zero attached hydrogens (tertiary/aromatic N) is 1. The minimum atomic E-state index is 0.0504. The molecule has 16 heavy (non-hydrogen) atoms. The Morgan fingerprint density at radius 2 is 2.00 bits per heavy atom. The van der Waals surface area contributed by atoms with E-state index < -0.39 is 0 Å². The van der Waals surface area contributed by atoms with Gasteiger partial charge in [-0.25, -0.2) is 0 Å². The van der Waals surface area contributed by atoms with E-state index in [1.54, 1.807) is 11.8 Å². The van der Waals surface area contributed by atoms with E-state index in [0.29, 0.717) is 0 Å². The second-order valence-electron chi connectivity index (χ2n) is 5.10. The highest BCUT2D eigenvalue weighted by Gasteiger charge is 2.29. The van der Waals surface area contributed by atoms with Crippen molar-refractivity contribution in [1.29, 1.82) is 0 Å². The van der Waals surface area contributed by atoms with Crippen LogP contribution < -0.4 is 5.32 Å². The van der Waals surface area contributed by atoms with E-state index >= 15 is 0 Å². The van der Waals surface area contributed by atoms with Crippen LogP contribution in [0.4, 0.5) is 0 Å². The lowest BCUT2D eigenvalue weighted by Gasteiger charge is -2.35. The van der Waals surface area contributed by atoms with Gasteiger partial charge in [-0.2, -0.15) is 11.8 Å². The molecule has 0 bridgehead atoms. The summed E-state index contributed by atoms with van der Waals surface area (Å²) >= 11 is 1.59. The number of rotatable bonds is 5. The maximum Gasteiger partial charge on any atom is 0.232 e. The van der Waals surface area contributed by atoms with Crippen molar-refractivity contribution in [2.45, 2.75) is 44.4 Å². The van der Waals surface area contributed by atoms with Gasteiger partial charge in [-0.1, -0.05) is 0 Å². The van der Waals surface area contributed by atoms with Gasteiger partial charge in [0, 0.05) is 12.1 Å². The van der Waals surface area contributed by atoms with Crippen LogP contribution >= 0.6 is 11.8 Å². The van der Waals surface area contributed by atoms with Gasteiger partial charge >= 0.3 is 0 Å². The molecule has 4 heteroatoms. The highest BCUT2D eigenvalue weighted by atomic mass is 32.2. The summed E-state index contributed by atoms with van der Waals surface area (Å²) in [4.78, 5) is 14.2. The molecule has 1 aliphatic heterocycles. The van der Waals surface area contributed by atoms with Gasteiger partial charge < -0.3 is 5.32 Å². The fourth-order valence-corrected chi connectivity index (χ4v) is 2.29. The average molecular weight is 244 g/mol. The summed E-state index contributed by atoms with van der Waals surface area (Å²) in [5, 5.41) is 3.10. The van der Waals surface area contributed by atoms with Crippen molar-refractivity contribution in [3.05, 3.63) is 0 Å². The van der Waals surface area contributed by atoms with E-state index in [-0.39, 0.29) is 16.7 Å². The first kappa shape index (κ1) is 13.8. The van der Waals surface area contributed by atoms with Crippen molar-refractivity contribution in [3.8, 4) is 0 Å². The number of thioether (sulfide) groups is 1. The summed E-state index contributed by atoms with van der Waals surface area (Å²) < 4.78 is 0. The molecule has 0 aromatic carbocycles. The summed E-state index contributed by atoms with van der Waals surface area (Å²) in [6, 6.07) is 0. The minimum Gasteiger partial charge on any atom is -0.353 e. The Bertz CT molecular complexity index is 237. The zero-order valence-corrected chi connectivity index (χ0v) is 11.7. The van der Waals surface area contributed by atoms with E-state index in [9.17, 15) is 4.79 Å². The second kappa shape index (κ2) is 5.92. The minimum absolute atomic E-state index is 0.0504. The average Bonchev–Trinajstić information content (AvgIpc) is 2.78. The van der Waals surface area contributed by atoms with E-state index in [0.717, 1.165) is 6.54 Å². The normalized spacial score (nSPS) is 19.8. The van der Waals surface area contributed by atoms with Gasteiger partial charge in [0.15, 0.2) is 0 Å². The molecule has 1 saturated heterocycles. The monoisotopic (exact) mass is 244 g/mol. The van der Waals surface area contributed by atoms with Crippen LogP contribution in [0, 0.1) is 0 Å². The van der Waals surface area contributed by atoms with Crippen LogP contribution in [-0.2, 0) is 4.79 Å². The van der Waals surface area contributed by atoms with Crippen LogP contribution in [0.3, 0.4) is 0 Å². The molecule has 1 rings (SSSR count). The van der Waals surface area contributed by atoms with Gasteiger partial charge in [0.05, 0.1) is 5.25 Å². The van der Waals surface area contributed by atoms with Gasteiger partial charge in [0.1, 0.15) is 0 Å². The van der Waals surface area contributed by atoms with Crippen LogP contribution in [0.2, 0.25) is 0 Å². The van der Waals surface area contributed by atoms with Gasteiger partial charge in [0.25, 0.3) is 0 Å². The topological polar surface area (TPSA) is 32.3 Å². The first-order valence-corrected chi connectivity index (χ1v) is 7.32. The largest absolute Gasteiger partial charge is 0.353 e. The molecule has 1 aliphatic rings. The zero-order valence-electron chi connectivity index (χ0n) is 10.9. The number of carbonyl (C=O) groups is 1. The molecule has 0 spiro atoms. The molecular formula is C12H24N2OS. The molecule has 94 valence electrons. The van der Waals surface area contributed by atoms with Crippen LogP contribution in [0.5, 0.6) is 0 Å². The zero-order chi connectivity index (χ0) is 12.2. The summed E-state index contributed by atoms with van der Waals surface area (Å²) in [7, 11) is 0. The Morgan fingerprint density at radius 3 is 2.50 bits per heavy atom. The Hall–Kier alpha value is -0.220. The second-order valence-corrected chi connectivity index (χ2v) is 6.28. The SMILES string of the molecule is CS[C@@H](C)C(=O)NCC(C)(C)N1CCCC1. The van der Waals surface area contributed by atoms with Crippen LogP contribution in [0.25, 0.3) is 0 Å². The third-order valence-corrected chi connectivity index (χ3v) is 4.30. The van der Waals surface area contributed by atoms with E-state index in [2.05, 4.69) is 24.1 Å². The molecule has 0 aliphatic carbocycles. The number of carbonyl (C=O) groups excluding carboxylic acids is 1. The smallest absolute Gasteiger partial charge is 0.232 e. The van der Waals surface area contributed by atoms with Crippen molar-refractivity contribution in [2.75, 3.05) is 25.9 Å². The predicted octanol–water partition coefficient (Wildman–Crippen LogP) is 1.73. The molecular weight excluding hydrogens is 220 g/mol. The molecule has 3 nitrogen and oxygen atoms in total. The quantitative estimate of drug-likeness (QED) is 0.799. The van der Waals surface area contributed by atoms with E-state index in [4.69, 9.17) is 0 Å². The summed E-state index contributed by atoms with van der Waals surface area (Å²) in [5.41, 5.74) is 0.0876. The highest BCUT2D eigenvalue weighted by Crippen LogP contribution is 2.20. The van der Waals surface area contributed by atoms with Gasteiger partial charge in [-0.05, 0) is 53.0 Å². The predicted molar refractivity (Wildman–Crippen MR) is 70.9 cm³/mol. The molecule has 1 heterocycles. The fourth-order valence-electron chi connectivity index (χ4n) is 1.99. The van der Waals surface area contributed by atoms with Crippen LogP contribution in [-0.4, -0.2) is 47.5 Å². The number of hydrogen-bond acceptors (Lipinski definition) is 3. The first-order chi connectivity index (χ1) is 7.47. The maximum absolute atomic E-state index is 11.7. The third kappa shape index (κ3) is 3.67. The lowest BCUT2D eigenvalue weighted by molar-refractivity contribution is -0.120. The van der Waals surface area contributed by atoms with Gasteiger partial charge in [-0.15, -0.1) is 0 Å². The molecule has 1 amide bonds. The molecule has 0 aromatic rings. The lowest BCUT2D eigenvalue weighted by Crippen LogP contribution is -2.51. The lowest BCUT2D eigenvalue weighted by atomic mass is 10.0. The number of nitrogens with one attached hydrogen (secondary N) is 1. The summed E-state index contributed by atoms with van der Waals surface area (Å²) in [6.45, 7) is 9.45. The number of likely N-dealkylation sites (tertiary alicyclic amines) is 1. The standard InChI is InChI=1S/C12H24N2OS/c1-10(16-4)11(15)13-9-12(2,3)14-7-5-6-8-14/h10H,5-9H2,1-4H3,(H,13,15)/t10-/m0/s1. The Kier molecular flexibility index (Phi) is 5.12. The van der Waals surface area contributed by atoms with Crippen molar-refractivity contribution < 1.29 is 4.79 Å². The van der Waals surface area contributed by atoms with Gasteiger partial charge in [0.2, 0.25) is 5.91 Å². The molecule has 1 fully saturated rings. The Balaban J connectivity index is 2.37. The Labute approximate surface area is 103 Å². The maximum atomic E-state index is 11.7. The third-order valence-electron chi connectivity index (χ3n) is 3.38. The number of amides is 1. The number of hydrogen-bond donors (Lipinski definition) is 1. The van der Waals surface area contributed by atoms with Crippen LogP contribution in [0.1, 0.15) is 33.6 Å².